The fraction of sp³-hybridized carbons (Fsp3) is 0.200. The molecule has 0 bridgehead atoms. The Morgan fingerprint density at radius 2 is 1.05 bits per heavy atom. The summed E-state index contributed by atoms with van der Waals surface area (Å²) in [6, 6.07) is 34.7. The van der Waals surface area contributed by atoms with Crippen molar-refractivity contribution in [1.82, 2.24) is 19.9 Å². The fourth-order valence-electron chi connectivity index (χ4n) is 7.49. The van der Waals surface area contributed by atoms with Crippen molar-refractivity contribution in [3.8, 4) is 34.0 Å². The van der Waals surface area contributed by atoms with Crippen molar-refractivity contribution in [1.29, 1.82) is 0 Å². The van der Waals surface area contributed by atoms with Gasteiger partial charge in [0.1, 0.15) is 6.33 Å². The summed E-state index contributed by atoms with van der Waals surface area (Å²) in [5.74, 6) is 1.81. The summed E-state index contributed by atoms with van der Waals surface area (Å²) in [6.45, 7) is 11.8. The minimum absolute atomic E-state index is 0.109. The molecule has 1 unspecified atom stereocenters. The van der Waals surface area contributed by atoms with Gasteiger partial charge >= 0.3 is 0 Å². The summed E-state index contributed by atoms with van der Waals surface area (Å²) < 4.78 is 0. The molecule has 0 saturated heterocycles. The lowest BCUT2D eigenvalue weighted by Gasteiger charge is -2.32. The summed E-state index contributed by atoms with van der Waals surface area (Å²) in [7, 11) is 0. The normalized spacial score (nSPS) is 16.9. The standard InChI is InChI=1S/C40H34N4/c1-24-39(2,3)34-18-15-25(21-35(34)40(24,4)5)36-19-16-27(22-41-36)38-43-23-42-37(44-38)26-14-17-32-30-12-7-6-10-28(30)29-11-8-9-13-31(29)33(32)20-26/h6-24H,1-5H3. The predicted octanol–water partition coefficient (Wildman–Crippen LogP) is 9.93. The number of aromatic nitrogens is 4. The topological polar surface area (TPSA) is 51.6 Å². The molecule has 0 saturated carbocycles. The SMILES string of the molecule is CC1C(C)(C)c2ccc(-c3ccc(-c4ncnc(-c5ccc6c7ccccc7c7ccccc7c6c5)n4)cn3)cc2C1(C)C. The van der Waals surface area contributed by atoms with E-state index in [2.05, 4.69) is 142 Å². The van der Waals surface area contributed by atoms with Crippen LogP contribution in [0.5, 0.6) is 0 Å². The molecule has 0 fully saturated rings. The third-order valence-electron chi connectivity index (χ3n) is 10.5. The van der Waals surface area contributed by atoms with Crippen LogP contribution in [0, 0.1) is 5.92 Å². The van der Waals surface area contributed by atoms with E-state index in [9.17, 15) is 0 Å². The monoisotopic (exact) mass is 570 g/mol. The fourth-order valence-corrected chi connectivity index (χ4v) is 7.49. The molecule has 0 amide bonds. The van der Waals surface area contributed by atoms with E-state index >= 15 is 0 Å². The van der Waals surface area contributed by atoms with E-state index in [1.807, 2.05) is 6.20 Å². The van der Waals surface area contributed by atoms with E-state index in [1.165, 1.54) is 43.4 Å². The molecule has 0 aliphatic heterocycles. The lowest BCUT2D eigenvalue weighted by molar-refractivity contribution is 0.264. The number of nitrogens with zero attached hydrogens (tertiary/aromatic N) is 4. The maximum atomic E-state index is 4.89. The van der Waals surface area contributed by atoms with Crippen molar-refractivity contribution in [2.75, 3.05) is 0 Å². The van der Waals surface area contributed by atoms with E-state index in [0.717, 1.165) is 22.4 Å². The van der Waals surface area contributed by atoms with Crippen molar-refractivity contribution >= 4 is 32.3 Å². The van der Waals surface area contributed by atoms with Gasteiger partial charge in [-0.2, -0.15) is 0 Å². The smallest absolute Gasteiger partial charge is 0.164 e. The summed E-state index contributed by atoms with van der Waals surface area (Å²) in [6.07, 6.45) is 3.47. The molecular weight excluding hydrogens is 536 g/mol. The highest BCUT2D eigenvalue weighted by Gasteiger charge is 2.48. The van der Waals surface area contributed by atoms with Crippen molar-refractivity contribution < 1.29 is 0 Å². The summed E-state index contributed by atoms with van der Waals surface area (Å²) in [5, 5.41) is 7.42. The molecule has 1 aliphatic carbocycles. The number of hydrogen-bond acceptors (Lipinski definition) is 4. The molecule has 8 rings (SSSR count). The number of hydrogen-bond donors (Lipinski definition) is 0. The first-order valence-corrected chi connectivity index (χ1v) is 15.4. The average Bonchev–Trinajstić information content (AvgIpc) is 3.20. The van der Waals surface area contributed by atoms with Crippen LogP contribution in [0.1, 0.15) is 45.7 Å². The number of benzene rings is 5. The average molecular weight is 571 g/mol. The van der Waals surface area contributed by atoms with Gasteiger partial charge in [0.2, 0.25) is 0 Å². The van der Waals surface area contributed by atoms with Gasteiger partial charge in [-0.1, -0.05) is 107 Å². The van der Waals surface area contributed by atoms with Gasteiger partial charge in [-0.3, -0.25) is 4.98 Å². The van der Waals surface area contributed by atoms with Crippen LogP contribution in [0.15, 0.2) is 110 Å². The van der Waals surface area contributed by atoms with Gasteiger partial charge in [-0.05, 0) is 84.5 Å². The molecule has 4 nitrogen and oxygen atoms in total. The van der Waals surface area contributed by atoms with Gasteiger partial charge in [0.25, 0.3) is 0 Å². The van der Waals surface area contributed by atoms with Crippen LogP contribution in [0.25, 0.3) is 66.4 Å². The van der Waals surface area contributed by atoms with Gasteiger partial charge in [-0.25, -0.2) is 15.0 Å². The first-order valence-electron chi connectivity index (χ1n) is 15.4. The van der Waals surface area contributed by atoms with Crippen LogP contribution in [-0.4, -0.2) is 19.9 Å². The molecule has 44 heavy (non-hydrogen) atoms. The lowest BCUT2D eigenvalue weighted by atomic mass is 9.71. The second-order valence-corrected chi connectivity index (χ2v) is 13.3. The van der Waals surface area contributed by atoms with Crippen LogP contribution >= 0.6 is 0 Å². The van der Waals surface area contributed by atoms with Crippen LogP contribution in [-0.2, 0) is 10.8 Å². The van der Waals surface area contributed by atoms with Crippen molar-refractivity contribution in [3.63, 3.8) is 0 Å². The molecule has 0 spiro atoms. The molecule has 0 radical (unpaired) electrons. The van der Waals surface area contributed by atoms with Crippen molar-refractivity contribution in [2.24, 2.45) is 5.92 Å². The van der Waals surface area contributed by atoms with E-state index in [1.54, 1.807) is 6.33 Å². The molecule has 5 aromatic carbocycles. The highest BCUT2D eigenvalue weighted by atomic mass is 15.0. The second-order valence-electron chi connectivity index (χ2n) is 13.3. The Balaban J connectivity index is 1.16. The molecule has 0 N–H and O–H groups in total. The van der Waals surface area contributed by atoms with E-state index in [0.29, 0.717) is 17.6 Å². The van der Waals surface area contributed by atoms with E-state index in [4.69, 9.17) is 9.97 Å². The van der Waals surface area contributed by atoms with Gasteiger partial charge in [0, 0.05) is 22.9 Å². The summed E-state index contributed by atoms with van der Waals surface area (Å²) in [4.78, 5) is 18.8. The zero-order valence-corrected chi connectivity index (χ0v) is 25.8. The quantitative estimate of drug-likeness (QED) is 0.198. The molecule has 4 heteroatoms. The minimum atomic E-state index is 0.109. The highest BCUT2D eigenvalue weighted by molar-refractivity contribution is 6.25. The Kier molecular flexibility index (Phi) is 5.77. The Hall–Kier alpha value is -4.96. The number of rotatable bonds is 3. The van der Waals surface area contributed by atoms with E-state index in [-0.39, 0.29) is 10.8 Å². The molecule has 2 heterocycles. The second kappa shape index (κ2) is 9.52. The third kappa shape index (κ3) is 3.90. The predicted molar refractivity (Wildman–Crippen MR) is 182 cm³/mol. The Morgan fingerprint density at radius 3 is 1.68 bits per heavy atom. The lowest BCUT2D eigenvalue weighted by Crippen LogP contribution is -2.30. The largest absolute Gasteiger partial charge is 0.255 e. The first-order chi connectivity index (χ1) is 21.2. The molecular formula is C40H34N4. The van der Waals surface area contributed by atoms with Crippen molar-refractivity contribution in [2.45, 2.75) is 45.4 Å². The zero-order valence-electron chi connectivity index (χ0n) is 25.8. The van der Waals surface area contributed by atoms with Gasteiger partial charge < -0.3 is 0 Å². The number of fused-ring (bicyclic) bond motifs is 7. The van der Waals surface area contributed by atoms with Crippen LogP contribution in [0.2, 0.25) is 0 Å². The summed E-state index contributed by atoms with van der Waals surface area (Å²) in [5.41, 5.74) is 7.05. The molecule has 1 atom stereocenters. The summed E-state index contributed by atoms with van der Waals surface area (Å²) >= 11 is 0. The maximum Gasteiger partial charge on any atom is 0.164 e. The Morgan fingerprint density at radius 1 is 0.500 bits per heavy atom. The van der Waals surface area contributed by atoms with Crippen LogP contribution in [0.3, 0.4) is 0 Å². The Labute approximate surface area is 257 Å². The van der Waals surface area contributed by atoms with Crippen molar-refractivity contribution in [3.05, 3.63) is 121 Å². The highest BCUT2D eigenvalue weighted by Crippen LogP contribution is 2.54. The van der Waals surface area contributed by atoms with Crippen LogP contribution in [0.4, 0.5) is 0 Å². The van der Waals surface area contributed by atoms with Gasteiger partial charge in [0.15, 0.2) is 11.6 Å². The first kappa shape index (κ1) is 26.7. The minimum Gasteiger partial charge on any atom is -0.255 e. The Bertz CT molecular complexity index is 2210. The van der Waals surface area contributed by atoms with Gasteiger partial charge in [-0.15, -0.1) is 0 Å². The number of pyridine rings is 1. The molecule has 2 aromatic heterocycles. The molecule has 1 aliphatic rings. The zero-order chi connectivity index (χ0) is 30.2. The van der Waals surface area contributed by atoms with Gasteiger partial charge in [0.05, 0.1) is 5.69 Å². The maximum absolute atomic E-state index is 4.89. The molecule has 7 aromatic rings. The molecule has 214 valence electrons. The third-order valence-corrected chi connectivity index (χ3v) is 10.5. The van der Waals surface area contributed by atoms with E-state index < -0.39 is 0 Å². The van der Waals surface area contributed by atoms with Crippen LogP contribution < -0.4 is 0 Å².